The first-order valence-corrected chi connectivity index (χ1v) is 10.1. The summed E-state index contributed by atoms with van der Waals surface area (Å²) in [6.07, 6.45) is 1.76. The Morgan fingerprint density at radius 3 is 2.68 bits per heavy atom. The van der Waals surface area contributed by atoms with E-state index in [1.165, 1.54) is 11.2 Å². The van der Waals surface area contributed by atoms with Crippen LogP contribution in [0.4, 0.5) is 4.79 Å². The number of nitrogens with zero attached hydrogens (tertiary/aromatic N) is 1. The highest BCUT2D eigenvalue weighted by Gasteiger charge is 2.32. The van der Waals surface area contributed by atoms with Gasteiger partial charge in [-0.2, -0.15) is 0 Å². The van der Waals surface area contributed by atoms with Gasteiger partial charge < -0.3 is 10.2 Å². The molecular formula is C15H22N2O3S2. The van der Waals surface area contributed by atoms with Gasteiger partial charge in [0, 0.05) is 36.0 Å². The van der Waals surface area contributed by atoms with Crippen molar-refractivity contribution >= 4 is 27.6 Å². The molecule has 122 valence electrons. The van der Waals surface area contributed by atoms with Crippen LogP contribution in [0, 0.1) is 0 Å². The molecule has 1 heterocycles. The van der Waals surface area contributed by atoms with E-state index in [9.17, 15) is 13.2 Å². The number of thioether (sulfide) groups is 1. The number of carbonyl (C=O) groups excluding carboxylic acids is 1. The third-order valence-electron chi connectivity index (χ3n) is 3.66. The Kier molecular flexibility index (Phi) is 5.74. The van der Waals surface area contributed by atoms with Crippen molar-refractivity contribution < 1.29 is 13.2 Å². The van der Waals surface area contributed by atoms with Gasteiger partial charge in [-0.05, 0) is 18.6 Å². The predicted octanol–water partition coefficient (Wildman–Crippen LogP) is 2.00. The van der Waals surface area contributed by atoms with E-state index in [1.807, 2.05) is 30.3 Å². The minimum absolute atomic E-state index is 0.174. The molecule has 1 aromatic rings. The summed E-state index contributed by atoms with van der Waals surface area (Å²) in [5.74, 6) is 0. The molecule has 1 N–H and O–H groups in total. The van der Waals surface area contributed by atoms with Gasteiger partial charge in [0.25, 0.3) is 0 Å². The van der Waals surface area contributed by atoms with Crippen LogP contribution >= 0.6 is 11.8 Å². The topological polar surface area (TPSA) is 66.5 Å². The summed E-state index contributed by atoms with van der Waals surface area (Å²) in [6.45, 7) is 3.41. The van der Waals surface area contributed by atoms with Crippen LogP contribution in [0.15, 0.2) is 35.2 Å². The van der Waals surface area contributed by atoms with E-state index in [1.54, 1.807) is 16.7 Å². The van der Waals surface area contributed by atoms with E-state index in [2.05, 4.69) is 12.2 Å². The van der Waals surface area contributed by atoms with Crippen LogP contribution < -0.4 is 5.32 Å². The summed E-state index contributed by atoms with van der Waals surface area (Å²) in [5, 5.41) is 2.72. The molecule has 0 aliphatic carbocycles. The SMILES string of the molecule is C[C@@H](CNC(=O)N1CC[C@@H](S(C)(=O)=O)C1)Sc1ccccc1. The lowest BCUT2D eigenvalue weighted by Crippen LogP contribution is -2.41. The molecule has 1 aliphatic heterocycles. The van der Waals surface area contributed by atoms with Crippen molar-refractivity contribution in [3.63, 3.8) is 0 Å². The number of benzene rings is 1. The second-order valence-corrected chi connectivity index (χ2v) is 9.45. The van der Waals surface area contributed by atoms with E-state index >= 15 is 0 Å². The van der Waals surface area contributed by atoms with Crippen molar-refractivity contribution in [2.75, 3.05) is 25.9 Å². The summed E-state index contributed by atoms with van der Waals surface area (Å²) < 4.78 is 23.0. The molecule has 2 rings (SSSR count). The normalized spacial score (nSPS) is 19.9. The minimum atomic E-state index is -3.07. The zero-order chi connectivity index (χ0) is 16.2. The monoisotopic (exact) mass is 342 g/mol. The van der Waals surface area contributed by atoms with Crippen molar-refractivity contribution in [2.45, 2.75) is 28.7 Å². The Bertz CT molecular complexity index is 604. The quantitative estimate of drug-likeness (QED) is 0.831. The van der Waals surface area contributed by atoms with Gasteiger partial charge in [0.15, 0.2) is 9.84 Å². The molecule has 2 amide bonds. The second kappa shape index (κ2) is 7.37. The van der Waals surface area contributed by atoms with E-state index in [4.69, 9.17) is 0 Å². The fourth-order valence-corrected chi connectivity index (χ4v) is 4.31. The first-order chi connectivity index (χ1) is 10.4. The lowest BCUT2D eigenvalue weighted by Gasteiger charge is -2.19. The fraction of sp³-hybridized carbons (Fsp3) is 0.533. The summed E-state index contributed by atoms with van der Waals surface area (Å²) in [7, 11) is -3.07. The second-order valence-electron chi connectivity index (χ2n) is 5.61. The van der Waals surface area contributed by atoms with Crippen molar-refractivity contribution in [3.05, 3.63) is 30.3 Å². The molecule has 22 heavy (non-hydrogen) atoms. The fourth-order valence-electron chi connectivity index (χ4n) is 2.38. The lowest BCUT2D eigenvalue weighted by molar-refractivity contribution is 0.209. The molecule has 0 spiro atoms. The number of rotatable bonds is 5. The van der Waals surface area contributed by atoms with Crippen molar-refractivity contribution in [1.29, 1.82) is 0 Å². The number of hydrogen-bond donors (Lipinski definition) is 1. The lowest BCUT2D eigenvalue weighted by atomic mass is 10.4. The Labute approximate surface area is 136 Å². The largest absolute Gasteiger partial charge is 0.337 e. The molecule has 0 aromatic heterocycles. The van der Waals surface area contributed by atoms with Crippen LogP contribution in [-0.4, -0.2) is 55.7 Å². The van der Waals surface area contributed by atoms with Gasteiger partial charge in [-0.3, -0.25) is 0 Å². The average molecular weight is 342 g/mol. The number of sulfone groups is 1. The zero-order valence-electron chi connectivity index (χ0n) is 12.9. The highest BCUT2D eigenvalue weighted by molar-refractivity contribution is 8.00. The van der Waals surface area contributed by atoms with Gasteiger partial charge in [0.2, 0.25) is 0 Å². The number of nitrogens with one attached hydrogen (secondary N) is 1. The first-order valence-electron chi connectivity index (χ1n) is 7.29. The molecule has 7 heteroatoms. The average Bonchev–Trinajstić information content (AvgIpc) is 2.96. The maximum atomic E-state index is 12.1. The Hall–Kier alpha value is -1.21. The molecule has 0 unspecified atom stereocenters. The molecular weight excluding hydrogens is 320 g/mol. The number of amides is 2. The van der Waals surface area contributed by atoms with Crippen LogP contribution in [0.25, 0.3) is 0 Å². The number of hydrogen-bond acceptors (Lipinski definition) is 4. The predicted molar refractivity (Wildman–Crippen MR) is 90.0 cm³/mol. The molecule has 2 atom stereocenters. The number of carbonyl (C=O) groups is 1. The van der Waals surface area contributed by atoms with Crippen LogP contribution in [-0.2, 0) is 9.84 Å². The molecule has 1 saturated heterocycles. The summed E-state index contributed by atoms with van der Waals surface area (Å²) in [4.78, 5) is 14.8. The highest BCUT2D eigenvalue weighted by atomic mass is 32.2. The summed E-state index contributed by atoms with van der Waals surface area (Å²) >= 11 is 1.70. The van der Waals surface area contributed by atoms with Gasteiger partial charge in [0.05, 0.1) is 5.25 Å². The van der Waals surface area contributed by atoms with E-state index in [0.717, 1.165) is 0 Å². The summed E-state index contributed by atoms with van der Waals surface area (Å²) in [5.41, 5.74) is 0. The van der Waals surface area contributed by atoms with Gasteiger partial charge in [0.1, 0.15) is 0 Å². The molecule has 1 aliphatic rings. The Morgan fingerprint density at radius 1 is 1.41 bits per heavy atom. The van der Waals surface area contributed by atoms with Crippen LogP contribution in [0.5, 0.6) is 0 Å². The molecule has 0 bridgehead atoms. The number of urea groups is 1. The first kappa shape index (κ1) is 17.1. The Morgan fingerprint density at radius 2 is 2.09 bits per heavy atom. The Balaban J connectivity index is 1.76. The van der Waals surface area contributed by atoms with Crippen LogP contribution in [0.2, 0.25) is 0 Å². The number of likely N-dealkylation sites (tertiary alicyclic amines) is 1. The molecule has 0 radical (unpaired) electrons. The maximum Gasteiger partial charge on any atom is 0.317 e. The molecule has 5 nitrogen and oxygen atoms in total. The van der Waals surface area contributed by atoms with Crippen molar-refractivity contribution in [1.82, 2.24) is 10.2 Å². The smallest absolute Gasteiger partial charge is 0.317 e. The molecule has 1 aromatic carbocycles. The summed E-state index contributed by atoms with van der Waals surface area (Å²) in [6, 6.07) is 9.86. The zero-order valence-corrected chi connectivity index (χ0v) is 14.5. The molecule has 1 fully saturated rings. The third-order valence-corrected chi connectivity index (χ3v) is 6.37. The van der Waals surface area contributed by atoms with Crippen molar-refractivity contribution in [2.24, 2.45) is 0 Å². The van der Waals surface area contributed by atoms with E-state index in [-0.39, 0.29) is 11.3 Å². The maximum absolute atomic E-state index is 12.1. The highest BCUT2D eigenvalue weighted by Crippen LogP contribution is 2.22. The van der Waals surface area contributed by atoms with Gasteiger partial charge in [-0.15, -0.1) is 11.8 Å². The van der Waals surface area contributed by atoms with Crippen molar-refractivity contribution in [3.8, 4) is 0 Å². The van der Waals surface area contributed by atoms with Crippen LogP contribution in [0.1, 0.15) is 13.3 Å². The third kappa shape index (κ3) is 4.91. The van der Waals surface area contributed by atoms with Gasteiger partial charge in [-0.1, -0.05) is 25.1 Å². The minimum Gasteiger partial charge on any atom is -0.337 e. The van der Waals surface area contributed by atoms with E-state index in [0.29, 0.717) is 26.1 Å². The standard InChI is InChI=1S/C15H22N2O3S2/c1-12(21-13-6-4-3-5-7-13)10-16-15(18)17-9-8-14(11-17)22(2,19)20/h3-7,12,14H,8-11H2,1-2H3,(H,16,18)/t12-,14+/m0/s1. The van der Waals surface area contributed by atoms with Gasteiger partial charge in [-0.25, -0.2) is 13.2 Å². The molecule has 0 saturated carbocycles. The van der Waals surface area contributed by atoms with E-state index < -0.39 is 15.1 Å². The van der Waals surface area contributed by atoms with Gasteiger partial charge >= 0.3 is 6.03 Å². The van der Waals surface area contributed by atoms with Crippen LogP contribution in [0.3, 0.4) is 0 Å².